The molecular formula is C21H26N8. The Morgan fingerprint density at radius 3 is 2.24 bits per heavy atom. The Labute approximate surface area is 170 Å². The van der Waals surface area contributed by atoms with Gasteiger partial charge in [-0.05, 0) is 32.3 Å². The van der Waals surface area contributed by atoms with Crippen LogP contribution in [-0.2, 0) is 0 Å². The summed E-state index contributed by atoms with van der Waals surface area (Å²) in [6.07, 6.45) is 9.05. The number of rotatable bonds is 3. The van der Waals surface area contributed by atoms with Gasteiger partial charge in [-0.15, -0.1) is 0 Å². The van der Waals surface area contributed by atoms with Gasteiger partial charge in [0, 0.05) is 56.9 Å². The number of hydrogen-bond acceptors (Lipinski definition) is 8. The molecule has 2 fully saturated rings. The molecule has 0 radical (unpaired) electrons. The number of piperazine rings is 1. The van der Waals surface area contributed by atoms with Crippen molar-refractivity contribution in [1.82, 2.24) is 24.9 Å². The summed E-state index contributed by atoms with van der Waals surface area (Å²) in [6.45, 7) is 7.80. The lowest BCUT2D eigenvalue weighted by Crippen LogP contribution is -2.47. The molecule has 8 heteroatoms. The topological polar surface area (TPSA) is 74.2 Å². The minimum Gasteiger partial charge on any atom is -0.356 e. The third kappa shape index (κ3) is 3.66. The smallest absolute Gasteiger partial charge is 0.140 e. The summed E-state index contributed by atoms with van der Waals surface area (Å²) in [5, 5.41) is 1.06. The first-order valence-electron chi connectivity index (χ1n) is 10.4. The number of nitrogens with zero attached hydrogens (tertiary/aromatic N) is 8. The van der Waals surface area contributed by atoms with E-state index >= 15 is 0 Å². The van der Waals surface area contributed by atoms with E-state index in [1.165, 1.54) is 19.3 Å². The lowest BCUT2D eigenvalue weighted by molar-refractivity contribution is 0.572. The first-order valence-corrected chi connectivity index (χ1v) is 10.4. The van der Waals surface area contributed by atoms with Gasteiger partial charge < -0.3 is 14.7 Å². The predicted octanol–water partition coefficient (Wildman–Crippen LogP) is 2.44. The van der Waals surface area contributed by atoms with Gasteiger partial charge in [0.05, 0.1) is 11.7 Å². The van der Waals surface area contributed by atoms with Crippen LogP contribution in [0.4, 0.5) is 17.5 Å². The summed E-state index contributed by atoms with van der Waals surface area (Å²) < 4.78 is 0. The molecule has 0 aliphatic carbocycles. The van der Waals surface area contributed by atoms with Crippen LogP contribution in [0.1, 0.15) is 25.1 Å². The van der Waals surface area contributed by atoms with Crippen LogP contribution in [0, 0.1) is 6.92 Å². The lowest BCUT2D eigenvalue weighted by atomic mass is 10.1. The predicted molar refractivity (Wildman–Crippen MR) is 115 cm³/mol. The zero-order valence-electron chi connectivity index (χ0n) is 16.8. The van der Waals surface area contributed by atoms with Crippen LogP contribution >= 0.6 is 0 Å². The van der Waals surface area contributed by atoms with Crippen LogP contribution in [0.3, 0.4) is 0 Å². The molecule has 0 bridgehead atoms. The Bertz CT molecular complexity index is 988. The molecule has 2 aliphatic rings. The van der Waals surface area contributed by atoms with E-state index < -0.39 is 0 Å². The van der Waals surface area contributed by atoms with Gasteiger partial charge in [-0.2, -0.15) is 0 Å². The van der Waals surface area contributed by atoms with Crippen molar-refractivity contribution in [3.63, 3.8) is 0 Å². The van der Waals surface area contributed by atoms with Crippen molar-refractivity contribution in [2.45, 2.75) is 26.2 Å². The number of anilines is 3. The Hall–Kier alpha value is -3.03. The molecule has 2 saturated heterocycles. The van der Waals surface area contributed by atoms with E-state index in [9.17, 15) is 0 Å². The average molecular weight is 390 g/mol. The van der Waals surface area contributed by atoms with Crippen LogP contribution < -0.4 is 14.7 Å². The third-order valence-corrected chi connectivity index (χ3v) is 5.81. The van der Waals surface area contributed by atoms with Gasteiger partial charge in [0.15, 0.2) is 0 Å². The molecule has 3 aromatic heterocycles. The van der Waals surface area contributed by atoms with Crippen LogP contribution in [0.25, 0.3) is 10.9 Å². The summed E-state index contributed by atoms with van der Waals surface area (Å²) in [6, 6.07) is 4.16. The average Bonchev–Trinajstić information content (AvgIpc) is 2.79. The number of hydrogen-bond donors (Lipinski definition) is 0. The van der Waals surface area contributed by atoms with Crippen molar-refractivity contribution in [3.05, 3.63) is 36.7 Å². The van der Waals surface area contributed by atoms with Crippen LogP contribution in [0.5, 0.6) is 0 Å². The quantitative estimate of drug-likeness (QED) is 0.675. The van der Waals surface area contributed by atoms with E-state index in [0.717, 1.165) is 73.4 Å². The normalized spacial score (nSPS) is 17.8. The largest absolute Gasteiger partial charge is 0.356 e. The molecule has 2 aliphatic heterocycles. The van der Waals surface area contributed by atoms with Crippen LogP contribution in [-0.4, -0.2) is 64.2 Å². The number of piperidine rings is 1. The molecule has 29 heavy (non-hydrogen) atoms. The van der Waals surface area contributed by atoms with Gasteiger partial charge in [0.25, 0.3) is 0 Å². The van der Waals surface area contributed by atoms with Crippen molar-refractivity contribution in [3.8, 4) is 0 Å². The Balaban J connectivity index is 1.33. The Kier molecular flexibility index (Phi) is 4.83. The molecule has 0 unspecified atom stereocenters. The summed E-state index contributed by atoms with van der Waals surface area (Å²) in [5.41, 5.74) is 0.887. The van der Waals surface area contributed by atoms with Crippen molar-refractivity contribution in [1.29, 1.82) is 0 Å². The van der Waals surface area contributed by atoms with E-state index in [0.29, 0.717) is 0 Å². The van der Waals surface area contributed by atoms with Gasteiger partial charge >= 0.3 is 0 Å². The lowest BCUT2D eigenvalue weighted by Gasteiger charge is -2.37. The van der Waals surface area contributed by atoms with Gasteiger partial charge in [-0.3, -0.25) is 4.98 Å². The van der Waals surface area contributed by atoms with Gasteiger partial charge in [-0.25, -0.2) is 19.9 Å². The third-order valence-electron chi connectivity index (χ3n) is 5.81. The van der Waals surface area contributed by atoms with E-state index in [1.807, 2.05) is 13.0 Å². The minimum atomic E-state index is 0.847. The maximum Gasteiger partial charge on any atom is 0.140 e. The zero-order chi connectivity index (χ0) is 19.6. The van der Waals surface area contributed by atoms with Gasteiger partial charge in [-0.1, -0.05) is 0 Å². The highest BCUT2D eigenvalue weighted by Crippen LogP contribution is 2.26. The van der Waals surface area contributed by atoms with Crippen LogP contribution in [0.2, 0.25) is 0 Å². The minimum absolute atomic E-state index is 0.847. The maximum atomic E-state index is 4.74. The van der Waals surface area contributed by atoms with Crippen molar-refractivity contribution < 1.29 is 0 Å². The highest BCUT2D eigenvalue weighted by atomic mass is 15.3. The highest BCUT2D eigenvalue weighted by Gasteiger charge is 2.22. The fourth-order valence-electron chi connectivity index (χ4n) is 4.28. The van der Waals surface area contributed by atoms with E-state index in [1.54, 1.807) is 18.7 Å². The second kappa shape index (κ2) is 7.77. The van der Waals surface area contributed by atoms with E-state index in [-0.39, 0.29) is 0 Å². The molecular weight excluding hydrogens is 364 g/mol. The summed E-state index contributed by atoms with van der Waals surface area (Å²) >= 11 is 0. The van der Waals surface area contributed by atoms with Crippen molar-refractivity contribution in [2.24, 2.45) is 0 Å². The molecule has 0 saturated carbocycles. The number of aromatic nitrogens is 5. The SMILES string of the molecule is Cc1nc(N2CCCCC2)cc(N2CCN(c3ncnc4cnccc34)CC2)n1. The summed E-state index contributed by atoms with van der Waals surface area (Å²) in [4.78, 5) is 29.6. The molecule has 5 rings (SSSR count). The first kappa shape index (κ1) is 18.0. The fraction of sp³-hybridized carbons (Fsp3) is 0.476. The molecule has 8 nitrogen and oxygen atoms in total. The fourth-order valence-corrected chi connectivity index (χ4v) is 4.28. The molecule has 0 N–H and O–H groups in total. The molecule has 0 atom stereocenters. The van der Waals surface area contributed by atoms with Crippen molar-refractivity contribution in [2.75, 3.05) is 54.0 Å². The number of pyridine rings is 1. The monoisotopic (exact) mass is 390 g/mol. The second-order valence-corrected chi connectivity index (χ2v) is 7.74. The molecule has 0 spiro atoms. The maximum absolute atomic E-state index is 4.74. The first-order chi connectivity index (χ1) is 14.3. The molecule has 0 aromatic carbocycles. The van der Waals surface area contributed by atoms with Gasteiger partial charge in [0.1, 0.15) is 29.6 Å². The summed E-state index contributed by atoms with van der Waals surface area (Å²) in [7, 11) is 0. The molecule has 150 valence electrons. The zero-order valence-corrected chi connectivity index (χ0v) is 16.8. The second-order valence-electron chi connectivity index (χ2n) is 7.74. The molecule has 5 heterocycles. The molecule has 0 amide bonds. The Morgan fingerprint density at radius 2 is 1.48 bits per heavy atom. The number of fused-ring (bicyclic) bond motifs is 1. The van der Waals surface area contributed by atoms with Gasteiger partial charge in [0.2, 0.25) is 0 Å². The van der Waals surface area contributed by atoms with E-state index in [4.69, 9.17) is 9.97 Å². The van der Waals surface area contributed by atoms with Crippen molar-refractivity contribution >= 4 is 28.4 Å². The standard InChI is InChI=1S/C21H26N8/c1-16-25-19(27-7-3-2-4-8-27)13-20(26-16)28-9-11-29(12-10-28)21-17-5-6-22-14-18(17)23-15-24-21/h5-6,13-15H,2-4,7-12H2,1H3. The molecule has 3 aromatic rings. The van der Waals surface area contributed by atoms with Crippen LogP contribution in [0.15, 0.2) is 30.9 Å². The Morgan fingerprint density at radius 1 is 0.793 bits per heavy atom. The number of aryl methyl sites for hydroxylation is 1. The highest BCUT2D eigenvalue weighted by molar-refractivity contribution is 5.88. The summed E-state index contributed by atoms with van der Waals surface area (Å²) in [5.74, 6) is 3.95. The van der Waals surface area contributed by atoms with E-state index in [2.05, 4.69) is 35.7 Å².